The zero-order valence-electron chi connectivity index (χ0n) is 22.8. The number of fused-ring (bicyclic) bond motifs is 5. The van der Waals surface area contributed by atoms with E-state index in [2.05, 4.69) is 71.8 Å². The predicted octanol–water partition coefficient (Wildman–Crippen LogP) is 7.57. The fourth-order valence-corrected chi connectivity index (χ4v) is 12.7. The first-order chi connectivity index (χ1) is 18.5. The quantitative estimate of drug-likeness (QED) is 0.400. The Hall–Kier alpha value is -1.27. The van der Waals surface area contributed by atoms with Gasteiger partial charge < -0.3 is 9.84 Å². The number of hydrogen-bond donors (Lipinski definition) is 1. The summed E-state index contributed by atoms with van der Waals surface area (Å²) in [4.78, 5) is 4.33. The van der Waals surface area contributed by atoms with Crippen LogP contribution in [-0.4, -0.2) is 45.0 Å². The molecule has 4 aliphatic carbocycles. The zero-order valence-corrected chi connectivity index (χ0v) is 24.4. The van der Waals surface area contributed by atoms with Crippen LogP contribution in [0, 0.1) is 29.1 Å². The molecule has 202 valence electrons. The van der Waals surface area contributed by atoms with Crippen LogP contribution in [0.4, 0.5) is 0 Å². The molecule has 2 heterocycles. The number of ether oxygens (including phenoxy) is 1. The van der Waals surface area contributed by atoms with Crippen LogP contribution < -0.4 is 0 Å². The Bertz CT molecular complexity index is 1190. The van der Waals surface area contributed by atoms with Gasteiger partial charge in [0.2, 0.25) is 0 Å². The van der Waals surface area contributed by atoms with Gasteiger partial charge in [-0.05, 0) is 97.3 Å². The Labute approximate surface area is 236 Å². The van der Waals surface area contributed by atoms with E-state index in [9.17, 15) is 5.11 Å². The molecule has 0 radical (unpaired) electrons. The summed E-state index contributed by atoms with van der Waals surface area (Å²) in [6, 6.07) is 13.5. The third-order valence-corrected chi connectivity index (χ3v) is 14.7. The fourth-order valence-electron chi connectivity index (χ4n) is 9.51. The lowest BCUT2D eigenvalue weighted by atomic mass is 9.46. The van der Waals surface area contributed by atoms with E-state index in [1.54, 1.807) is 12.7 Å². The minimum absolute atomic E-state index is 0.106. The van der Waals surface area contributed by atoms with Crippen LogP contribution in [0.25, 0.3) is 11.1 Å². The first-order valence-corrected chi connectivity index (χ1v) is 16.6. The molecule has 1 N–H and O–H groups in total. The number of hydrogen-bond acceptors (Lipinski definition) is 5. The molecule has 1 saturated heterocycles. The maximum absolute atomic E-state index is 12.0. The van der Waals surface area contributed by atoms with Crippen LogP contribution >= 0.6 is 23.5 Å². The summed E-state index contributed by atoms with van der Waals surface area (Å²) in [5.74, 6) is 5.72. The average molecular weight is 548 g/mol. The second-order valence-corrected chi connectivity index (χ2v) is 16.0. The van der Waals surface area contributed by atoms with Gasteiger partial charge in [-0.3, -0.25) is 4.98 Å². The lowest BCUT2D eigenvalue weighted by molar-refractivity contribution is -0.150. The van der Waals surface area contributed by atoms with E-state index >= 15 is 0 Å². The van der Waals surface area contributed by atoms with Crippen LogP contribution in [0.15, 0.2) is 60.4 Å². The molecule has 7 rings (SSSR count). The van der Waals surface area contributed by atoms with Gasteiger partial charge in [0.05, 0.1) is 16.3 Å². The Morgan fingerprint density at radius 2 is 1.82 bits per heavy atom. The summed E-state index contributed by atoms with van der Waals surface area (Å²) >= 11 is 4.40. The van der Waals surface area contributed by atoms with E-state index in [0.717, 1.165) is 19.3 Å². The number of allylic oxidation sites excluding steroid dienone is 1. The molecule has 2 aromatic rings. The van der Waals surface area contributed by atoms with Crippen molar-refractivity contribution < 1.29 is 9.84 Å². The summed E-state index contributed by atoms with van der Waals surface area (Å²) in [5.41, 5.74) is 4.80. The van der Waals surface area contributed by atoms with Crippen molar-refractivity contribution in [1.29, 1.82) is 0 Å². The van der Waals surface area contributed by atoms with Crippen molar-refractivity contribution in [3.8, 4) is 11.1 Å². The van der Waals surface area contributed by atoms with Gasteiger partial charge in [-0.2, -0.15) is 0 Å². The molecule has 0 amide bonds. The van der Waals surface area contributed by atoms with E-state index < -0.39 is 5.60 Å². The lowest BCUT2D eigenvalue weighted by Crippen LogP contribution is -2.56. The maximum Gasteiger partial charge on any atom is 0.0936 e. The summed E-state index contributed by atoms with van der Waals surface area (Å²) in [6.07, 6.45) is 14.8. The second kappa shape index (κ2) is 9.68. The molecular formula is C33H41NO2S2. The third-order valence-electron chi connectivity index (χ3n) is 11.3. The number of nitrogens with zero attached hydrogens (tertiary/aromatic N) is 1. The highest BCUT2D eigenvalue weighted by atomic mass is 32.2. The van der Waals surface area contributed by atoms with E-state index in [-0.39, 0.29) is 5.41 Å². The predicted molar refractivity (Wildman–Crippen MR) is 159 cm³/mol. The average Bonchev–Trinajstić information content (AvgIpc) is 3.50. The molecule has 1 aromatic heterocycles. The summed E-state index contributed by atoms with van der Waals surface area (Å²) < 4.78 is 6.01. The number of methoxy groups -OCH3 is 1. The van der Waals surface area contributed by atoms with Crippen LogP contribution in [-0.2, 0) is 4.74 Å². The molecule has 1 aliphatic heterocycles. The molecule has 5 aliphatic rings. The first kappa shape index (κ1) is 25.7. The van der Waals surface area contributed by atoms with Gasteiger partial charge in [0, 0.05) is 36.4 Å². The van der Waals surface area contributed by atoms with Crippen LogP contribution in [0.3, 0.4) is 0 Å². The molecule has 1 spiro atoms. The van der Waals surface area contributed by atoms with E-state index in [4.69, 9.17) is 4.74 Å². The minimum Gasteiger partial charge on any atom is -0.387 e. The molecule has 1 aromatic carbocycles. The number of thioether (sulfide) groups is 2. The molecule has 38 heavy (non-hydrogen) atoms. The Kier molecular flexibility index (Phi) is 6.54. The lowest BCUT2D eigenvalue weighted by Gasteiger charge is -2.59. The molecule has 3 nitrogen and oxygen atoms in total. The molecule has 0 bridgehead atoms. The third kappa shape index (κ3) is 3.97. The number of pyridine rings is 1. The van der Waals surface area contributed by atoms with Crippen LogP contribution in [0.5, 0.6) is 0 Å². The van der Waals surface area contributed by atoms with Gasteiger partial charge in [-0.15, -0.1) is 23.5 Å². The van der Waals surface area contributed by atoms with Crippen molar-refractivity contribution in [2.75, 3.05) is 25.2 Å². The highest BCUT2D eigenvalue weighted by Gasteiger charge is 2.65. The summed E-state index contributed by atoms with van der Waals surface area (Å²) in [6.45, 7) is 2.86. The monoisotopic (exact) mass is 547 g/mol. The van der Waals surface area contributed by atoms with Crippen molar-refractivity contribution in [1.82, 2.24) is 4.98 Å². The second-order valence-electron chi connectivity index (χ2n) is 12.9. The van der Waals surface area contributed by atoms with Gasteiger partial charge in [0.1, 0.15) is 0 Å². The first-order valence-electron chi connectivity index (χ1n) is 14.7. The van der Waals surface area contributed by atoms with Crippen LogP contribution in [0.2, 0.25) is 0 Å². The highest BCUT2D eigenvalue weighted by Crippen LogP contribution is 2.69. The fraction of sp³-hybridized carbons (Fsp3) is 0.606. The van der Waals surface area contributed by atoms with Gasteiger partial charge in [-0.25, -0.2) is 0 Å². The van der Waals surface area contributed by atoms with Crippen molar-refractivity contribution in [3.05, 3.63) is 66.0 Å². The van der Waals surface area contributed by atoms with Gasteiger partial charge in [0.25, 0.3) is 0 Å². The molecule has 0 unspecified atom stereocenters. The van der Waals surface area contributed by atoms with Crippen molar-refractivity contribution >= 4 is 23.5 Å². The van der Waals surface area contributed by atoms with E-state index in [1.807, 2.05) is 18.5 Å². The summed E-state index contributed by atoms with van der Waals surface area (Å²) in [7, 11) is 1.75. The standard InChI is InChI=1S/C33H41NO2S2/c1-31-19-28(23-7-5-22(6-8-23)25-4-3-15-34-20-25)30-26-11-14-33(37-16-17-38-33)18-24(26)9-10-27(30)29(31)12-13-32(31,35)21-36-2/h3-8,15,18,20,26-30,35H,9-14,16-17,19,21H2,1-2H3/t26-,27-,28+,29-,30+,31-,32+/m0/s1. The van der Waals surface area contributed by atoms with E-state index in [1.165, 1.54) is 53.9 Å². The maximum atomic E-state index is 12.0. The molecular weight excluding hydrogens is 507 g/mol. The van der Waals surface area contributed by atoms with Crippen molar-refractivity contribution in [2.45, 2.75) is 67.5 Å². The number of rotatable bonds is 4. The SMILES string of the molecule is COC[C@]1(O)CC[C@H]2[C@@H]3CCC4=CC5(CC[C@@H]4[C@H]3[C@@H](c3ccc(-c4cccnc4)cc3)C[C@@]21C)SCCS5. The minimum atomic E-state index is -0.727. The van der Waals surface area contributed by atoms with E-state index in [0.29, 0.717) is 40.3 Å². The Balaban J connectivity index is 1.28. The molecule has 4 fully saturated rings. The topological polar surface area (TPSA) is 42.4 Å². The van der Waals surface area contributed by atoms with Gasteiger partial charge >= 0.3 is 0 Å². The number of benzene rings is 1. The Morgan fingerprint density at radius 1 is 1.00 bits per heavy atom. The normalized spacial score (nSPS) is 39.3. The number of aliphatic hydroxyl groups is 1. The van der Waals surface area contributed by atoms with Gasteiger partial charge in [-0.1, -0.05) is 48.9 Å². The van der Waals surface area contributed by atoms with Crippen molar-refractivity contribution in [3.63, 3.8) is 0 Å². The smallest absolute Gasteiger partial charge is 0.0936 e. The number of aromatic nitrogens is 1. The Morgan fingerprint density at radius 3 is 2.55 bits per heavy atom. The zero-order chi connectivity index (χ0) is 26.0. The molecule has 7 atom stereocenters. The molecule has 3 saturated carbocycles. The van der Waals surface area contributed by atoms with Crippen molar-refractivity contribution in [2.24, 2.45) is 29.1 Å². The largest absolute Gasteiger partial charge is 0.387 e. The highest BCUT2D eigenvalue weighted by molar-refractivity contribution is 8.21. The van der Waals surface area contributed by atoms with Gasteiger partial charge in [0.15, 0.2) is 0 Å². The van der Waals surface area contributed by atoms with Crippen LogP contribution in [0.1, 0.15) is 63.4 Å². The summed E-state index contributed by atoms with van der Waals surface area (Å²) in [5, 5.41) is 12.0. The molecule has 5 heteroatoms.